The smallest absolute Gasteiger partial charge is 0.233 e. The fourth-order valence-corrected chi connectivity index (χ4v) is 2.48. The van der Waals surface area contributed by atoms with Crippen molar-refractivity contribution in [2.75, 3.05) is 46.8 Å². The van der Waals surface area contributed by atoms with E-state index in [0.29, 0.717) is 12.6 Å². The first kappa shape index (κ1) is 13.5. The van der Waals surface area contributed by atoms with Gasteiger partial charge < -0.3 is 19.7 Å². The number of rotatable bonds is 5. The van der Waals surface area contributed by atoms with Gasteiger partial charge in [0.15, 0.2) is 0 Å². The van der Waals surface area contributed by atoms with Crippen LogP contribution in [0.5, 0.6) is 0 Å². The Morgan fingerprint density at radius 1 is 1.61 bits per heavy atom. The molecule has 0 aromatic rings. The maximum Gasteiger partial charge on any atom is 0.233 e. The van der Waals surface area contributed by atoms with Crippen molar-refractivity contribution in [1.82, 2.24) is 10.2 Å². The Kier molecular flexibility index (Phi) is 4.73. The molecule has 0 aromatic heterocycles. The molecule has 1 unspecified atom stereocenters. The molecule has 1 saturated heterocycles. The normalized spacial score (nSPS) is 23.6. The Bertz CT molecular complexity index is 391. The maximum atomic E-state index is 5.14. The molecule has 1 fully saturated rings. The summed E-state index contributed by atoms with van der Waals surface area (Å²) in [5.41, 5.74) is 0. The van der Waals surface area contributed by atoms with Gasteiger partial charge in [-0.3, -0.25) is 0 Å². The van der Waals surface area contributed by atoms with Gasteiger partial charge in [0.05, 0.1) is 25.9 Å². The summed E-state index contributed by atoms with van der Waals surface area (Å²) in [6.07, 6.45) is 2.08. The lowest BCUT2D eigenvalue weighted by Crippen LogP contribution is -2.45. The van der Waals surface area contributed by atoms with Gasteiger partial charge in [0.2, 0.25) is 5.96 Å². The molecule has 0 aliphatic carbocycles. The first-order valence-corrected chi connectivity index (χ1v) is 7.56. The molecule has 2 heterocycles. The van der Waals surface area contributed by atoms with Crippen LogP contribution in [-0.2, 0) is 20.2 Å². The summed E-state index contributed by atoms with van der Waals surface area (Å²) >= 11 is 0. The quantitative estimate of drug-likeness (QED) is 0.774. The van der Waals surface area contributed by atoms with Crippen molar-refractivity contribution in [3.63, 3.8) is 0 Å². The first-order chi connectivity index (χ1) is 8.69. The van der Waals surface area contributed by atoms with E-state index in [0.717, 1.165) is 31.5 Å². The monoisotopic (exact) mass is 272 g/mol. The van der Waals surface area contributed by atoms with E-state index in [9.17, 15) is 0 Å². The van der Waals surface area contributed by atoms with Gasteiger partial charge in [-0.1, -0.05) is 10.7 Å². The van der Waals surface area contributed by atoms with Crippen LogP contribution in [0.3, 0.4) is 0 Å². The number of nitrogens with zero attached hydrogens (tertiary/aromatic N) is 3. The minimum Gasteiger partial charge on any atom is -0.383 e. The van der Waals surface area contributed by atoms with Crippen LogP contribution in [0.15, 0.2) is 20.6 Å². The van der Waals surface area contributed by atoms with Crippen LogP contribution in [0, 0.1) is 0 Å². The van der Waals surface area contributed by atoms with Gasteiger partial charge in [-0.15, -0.1) is 0 Å². The summed E-state index contributed by atoms with van der Waals surface area (Å²) < 4.78 is 14.7. The minimum atomic E-state index is -0.124. The lowest BCUT2D eigenvalue weighted by atomic mass is 10.3. The number of methoxy groups -OCH3 is 1. The molecule has 2 rings (SSSR count). The molecule has 1 N–H and O–H groups in total. The van der Waals surface area contributed by atoms with Crippen molar-refractivity contribution in [1.29, 1.82) is 0 Å². The lowest BCUT2D eigenvalue weighted by molar-refractivity contribution is -0.000864. The van der Waals surface area contributed by atoms with Crippen molar-refractivity contribution >= 4 is 16.7 Å². The highest BCUT2D eigenvalue weighted by atomic mass is 32.2. The van der Waals surface area contributed by atoms with E-state index in [1.54, 1.807) is 7.11 Å². The first-order valence-electron chi connectivity index (χ1n) is 5.90. The van der Waals surface area contributed by atoms with E-state index < -0.39 is 0 Å². The third-order valence-corrected chi connectivity index (χ3v) is 3.71. The average molecular weight is 272 g/mol. The Morgan fingerprint density at radius 3 is 3.00 bits per heavy atom. The predicted molar refractivity (Wildman–Crippen MR) is 73.5 cm³/mol. The number of nitrogens with one attached hydrogen (secondary N) is 1. The number of likely N-dealkylation sites (N-methyl/N-ethyl adjacent to an activating group) is 1. The van der Waals surface area contributed by atoms with Crippen LogP contribution in [0.25, 0.3) is 0 Å². The predicted octanol–water partition coefficient (Wildman–Crippen LogP) is 0.153. The summed E-state index contributed by atoms with van der Waals surface area (Å²) in [4.78, 5) is 6.54. The van der Waals surface area contributed by atoms with Crippen LogP contribution < -0.4 is 5.32 Å². The fourth-order valence-electron chi connectivity index (χ4n) is 1.55. The Labute approximate surface area is 110 Å². The van der Waals surface area contributed by atoms with Gasteiger partial charge in [0.25, 0.3) is 0 Å². The standard InChI is InChI=1S/C11H20N4O2S/c1-15(4-5-16-2)11-13-10(8-18(3)14-11)12-9-6-17-7-9/h8-9,12H,4-7H2,1-3H3. The molecular formula is C11H20N4O2S. The van der Waals surface area contributed by atoms with Crippen LogP contribution >= 0.6 is 0 Å². The van der Waals surface area contributed by atoms with Gasteiger partial charge in [-0.25, -0.2) is 0 Å². The molecule has 0 amide bonds. The molecule has 0 saturated carbocycles. The van der Waals surface area contributed by atoms with Crippen LogP contribution in [0.2, 0.25) is 0 Å². The zero-order valence-corrected chi connectivity index (χ0v) is 11.9. The second-order valence-electron chi connectivity index (χ2n) is 4.32. The summed E-state index contributed by atoms with van der Waals surface area (Å²) in [7, 11) is 3.55. The highest BCUT2D eigenvalue weighted by molar-refractivity contribution is 7.89. The molecular weight excluding hydrogens is 252 g/mol. The summed E-state index contributed by atoms with van der Waals surface area (Å²) in [5, 5.41) is 5.43. The van der Waals surface area contributed by atoms with Crippen molar-refractivity contribution in [2.45, 2.75) is 6.04 Å². The molecule has 7 heteroatoms. The van der Waals surface area contributed by atoms with E-state index in [2.05, 4.69) is 26.3 Å². The van der Waals surface area contributed by atoms with Gasteiger partial charge in [-0.2, -0.15) is 9.36 Å². The molecule has 2 aliphatic heterocycles. The molecule has 18 heavy (non-hydrogen) atoms. The summed E-state index contributed by atoms with van der Waals surface area (Å²) in [6, 6.07) is 0.389. The van der Waals surface area contributed by atoms with E-state index in [-0.39, 0.29) is 10.7 Å². The average Bonchev–Trinajstić information content (AvgIpc) is 2.30. The Morgan fingerprint density at radius 2 is 2.39 bits per heavy atom. The minimum absolute atomic E-state index is 0.124. The van der Waals surface area contributed by atoms with Gasteiger partial charge in [-0.05, 0) is 6.26 Å². The summed E-state index contributed by atoms with van der Waals surface area (Å²) in [6.45, 7) is 2.98. The topological polar surface area (TPSA) is 58.5 Å². The third-order valence-electron chi connectivity index (χ3n) is 2.69. The zero-order valence-electron chi connectivity index (χ0n) is 11.0. The number of hydrogen-bond acceptors (Lipinski definition) is 6. The van der Waals surface area contributed by atoms with Crippen molar-refractivity contribution < 1.29 is 9.47 Å². The van der Waals surface area contributed by atoms with Gasteiger partial charge in [0, 0.05) is 26.1 Å². The molecule has 0 bridgehead atoms. The van der Waals surface area contributed by atoms with Crippen LogP contribution in [0.1, 0.15) is 0 Å². The van der Waals surface area contributed by atoms with Crippen LogP contribution in [-0.4, -0.2) is 63.7 Å². The zero-order chi connectivity index (χ0) is 13.0. The number of ether oxygens (including phenoxy) is 2. The third kappa shape index (κ3) is 3.54. The van der Waals surface area contributed by atoms with E-state index in [4.69, 9.17) is 9.47 Å². The second-order valence-corrected chi connectivity index (χ2v) is 5.79. The Balaban J connectivity index is 1.99. The lowest BCUT2D eigenvalue weighted by Gasteiger charge is -2.29. The fraction of sp³-hybridized carbons (Fsp3) is 0.727. The molecule has 1 atom stereocenters. The van der Waals surface area contributed by atoms with E-state index >= 15 is 0 Å². The number of aliphatic imine (C=N–C) groups is 1. The highest BCUT2D eigenvalue weighted by Crippen LogP contribution is 2.10. The number of guanidine groups is 1. The van der Waals surface area contributed by atoms with Crippen molar-refractivity contribution in [3.8, 4) is 0 Å². The van der Waals surface area contributed by atoms with Crippen LogP contribution in [0.4, 0.5) is 0 Å². The maximum absolute atomic E-state index is 5.14. The molecule has 6 nitrogen and oxygen atoms in total. The molecule has 0 spiro atoms. The largest absolute Gasteiger partial charge is 0.383 e. The SMILES string of the molecule is COCCN(C)C1=NC(NC2COC2)=CS(C)=N1. The highest BCUT2D eigenvalue weighted by Gasteiger charge is 2.20. The second kappa shape index (κ2) is 6.31. The van der Waals surface area contributed by atoms with E-state index in [1.807, 2.05) is 11.9 Å². The molecule has 102 valence electrons. The number of hydrogen-bond donors (Lipinski definition) is 1. The molecule has 0 radical (unpaired) electrons. The van der Waals surface area contributed by atoms with Gasteiger partial charge >= 0.3 is 0 Å². The Hall–Kier alpha value is -0.920. The van der Waals surface area contributed by atoms with Crippen molar-refractivity contribution in [2.24, 2.45) is 9.36 Å². The molecule has 0 aromatic carbocycles. The van der Waals surface area contributed by atoms with Gasteiger partial charge in [0.1, 0.15) is 5.82 Å². The summed E-state index contributed by atoms with van der Waals surface area (Å²) in [5.74, 6) is 1.67. The van der Waals surface area contributed by atoms with Crippen molar-refractivity contribution in [3.05, 3.63) is 11.2 Å². The van der Waals surface area contributed by atoms with E-state index in [1.165, 1.54) is 0 Å². The molecule has 2 aliphatic rings.